The van der Waals surface area contributed by atoms with E-state index in [2.05, 4.69) is 24.3 Å². The molecular weight excluding hydrogens is 284 g/mol. The minimum atomic E-state index is 0.351. The average Bonchev–Trinajstić information content (AvgIpc) is 3.12. The van der Waals surface area contributed by atoms with E-state index in [4.69, 9.17) is 0 Å². The van der Waals surface area contributed by atoms with Crippen LogP contribution in [0.25, 0.3) is 0 Å². The van der Waals surface area contributed by atoms with E-state index < -0.39 is 0 Å². The third kappa shape index (κ3) is 2.71. The molecule has 2 bridgehead atoms. The molecular formula is C21H24O2. The van der Waals surface area contributed by atoms with Gasteiger partial charge in [0.05, 0.1) is 0 Å². The summed E-state index contributed by atoms with van der Waals surface area (Å²) in [7, 11) is 0. The molecule has 4 atom stereocenters. The molecule has 0 aromatic heterocycles. The van der Waals surface area contributed by atoms with Crippen LogP contribution in [0.3, 0.4) is 0 Å². The smallest absolute Gasteiger partial charge is 0.118 e. The average molecular weight is 308 g/mol. The van der Waals surface area contributed by atoms with Gasteiger partial charge in [0.25, 0.3) is 0 Å². The Kier molecular flexibility index (Phi) is 3.56. The fraction of sp³-hybridized carbons (Fsp3) is 0.429. The molecule has 120 valence electrons. The Labute approximate surface area is 137 Å². The van der Waals surface area contributed by atoms with Crippen LogP contribution in [0.1, 0.15) is 41.9 Å². The van der Waals surface area contributed by atoms with Crippen LogP contribution in [0.2, 0.25) is 0 Å². The first kappa shape index (κ1) is 14.6. The molecule has 4 unspecified atom stereocenters. The third-order valence-corrected chi connectivity index (χ3v) is 6.09. The molecule has 0 heterocycles. The normalized spacial score (nSPS) is 29.1. The van der Waals surface area contributed by atoms with Gasteiger partial charge in [0.15, 0.2) is 0 Å². The van der Waals surface area contributed by atoms with Crippen molar-refractivity contribution >= 4 is 0 Å². The zero-order valence-corrected chi connectivity index (χ0v) is 13.6. The molecule has 0 saturated heterocycles. The lowest BCUT2D eigenvalue weighted by Crippen LogP contribution is -2.18. The van der Waals surface area contributed by atoms with Crippen LogP contribution < -0.4 is 0 Å². The second-order valence-electron chi connectivity index (χ2n) is 7.51. The highest BCUT2D eigenvalue weighted by Crippen LogP contribution is 2.56. The summed E-state index contributed by atoms with van der Waals surface area (Å²) >= 11 is 0. The van der Waals surface area contributed by atoms with E-state index in [9.17, 15) is 10.2 Å². The number of aromatic hydroxyl groups is 2. The van der Waals surface area contributed by atoms with Gasteiger partial charge in [-0.15, -0.1) is 0 Å². The number of phenols is 2. The first-order valence-electron chi connectivity index (χ1n) is 8.67. The van der Waals surface area contributed by atoms with Crippen molar-refractivity contribution in [2.45, 2.75) is 38.5 Å². The van der Waals surface area contributed by atoms with E-state index in [1.165, 1.54) is 30.4 Å². The fourth-order valence-electron chi connectivity index (χ4n) is 4.90. The van der Waals surface area contributed by atoms with E-state index in [0.29, 0.717) is 17.4 Å². The van der Waals surface area contributed by atoms with Gasteiger partial charge < -0.3 is 10.2 Å². The van der Waals surface area contributed by atoms with Gasteiger partial charge >= 0.3 is 0 Å². The molecule has 2 aromatic carbocycles. The van der Waals surface area contributed by atoms with Crippen LogP contribution in [0.4, 0.5) is 0 Å². The Morgan fingerprint density at radius 1 is 0.913 bits per heavy atom. The predicted octanol–water partition coefficient (Wildman–Crippen LogP) is 4.78. The van der Waals surface area contributed by atoms with Crippen LogP contribution in [-0.2, 0) is 6.42 Å². The lowest BCUT2D eigenvalue weighted by Gasteiger charge is -2.28. The summed E-state index contributed by atoms with van der Waals surface area (Å²) in [6.07, 6.45) is 5.10. The number of phenolic OH excluding ortho intramolecular Hbond substituents is 2. The summed E-state index contributed by atoms with van der Waals surface area (Å²) in [6, 6.07) is 13.8. The van der Waals surface area contributed by atoms with E-state index in [-0.39, 0.29) is 0 Å². The van der Waals surface area contributed by atoms with Gasteiger partial charge in [-0.1, -0.05) is 24.3 Å². The van der Waals surface area contributed by atoms with Crippen LogP contribution in [0, 0.1) is 24.7 Å². The molecule has 2 aliphatic rings. The molecule has 0 aliphatic heterocycles. The summed E-state index contributed by atoms with van der Waals surface area (Å²) in [5, 5.41) is 19.1. The molecule has 4 rings (SSSR count). The number of fused-ring (bicyclic) bond motifs is 2. The summed E-state index contributed by atoms with van der Waals surface area (Å²) < 4.78 is 0. The maximum absolute atomic E-state index is 9.73. The quantitative estimate of drug-likeness (QED) is 0.856. The van der Waals surface area contributed by atoms with E-state index in [1.807, 2.05) is 13.0 Å². The molecule has 23 heavy (non-hydrogen) atoms. The second kappa shape index (κ2) is 5.59. The molecule has 0 amide bonds. The fourth-order valence-corrected chi connectivity index (χ4v) is 4.90. The molecule has 2 heteroatoms. The van der Waals surface area contributed by atoms with Crippen LogP contribution in [0.15, 0.2) is 42.5 Å². The monoisotopic (exact) mass is 308 g/mol. The largest absolute Gasteiger partial charge is 0.508 e. The highest BCUT2D eigenvalue weighted by atomic mass is 16.3. The van der Waals surface area contributed by atoms with Gasteiger partial charge in [-0.2, -0.15) is 0 Å². The minimum Gasteiger partial charge on any atom is -0.508 e. The van der Waals surface area contributed by atoms with Crippen molar-refractivity contribution in [2.75, 3.05) is 0 Å². The molecule has 2 N–H and O–H groups in total. The Morgan fingerprint density at radius 2 is 1.70 bits per heavy atom. The number of hydrogen-bond acceptors (Lipinski definition) is 2. The molecule has 0 spiro atoms. The molecule has 2 aromatic rings. The minimum absolute atomic E-state index is 0.351. The first-order chi connectivity index (χ1) is 11.1. The summed E-state index contributed by atoms with van der Waals surface area (Å²) in [4.78, 5) is 0. The van der Waals surface area contributed by atoms with Crippen molar-refractivity contribution < 1.29 is 10.2 Å². The number of benzene rings is 2. The Bertz CT molecular complexity index is 704. The van der Waals surface area contributed by atoms with Crippen LogP contribution in [0.5, 0.6) is 11.5 Å². The van der Waals surface area contributed by atoms with E-state index >= 15 is 0 Å². The third-order valence-electron chi connectivity index (χ3n) is 6.09. The molecule has 2 nitrogen and oxygen atoms in total. The highest BCUT2D eigenvalue weighted by Gasteiger charge is 2.45. The SMILES string of the molecule is Cc1cc(C2CC3CC2CC3Cc2ccc(O)cc2)ccc1O. The zero-order chi connectivity index (χ0) is 16.0. The van der Waals surface area contributed by atoms with Crippen molar-refractivity contribution in [1.29, 1.82) is 0 Å². The van der Waals surface area contributed by atoms with Crippen LogP contribution >= 0.6 is 0 Å². The Morgan fingerprint density at radius 3 is 2.35 bits per heavy atom. The first-order valence-corrected chi connectivity index (χ1v) is 8.67. The van der Waals surface area contributed by atoms with Gasteiger partial charge in [-0.05, 0) is 91.2 Å². The number of aryl methyl sites for hydroxylation is 1. The van der Waals surface area contributed by atoms with E-state index in [0.717, 1.165) is 29.7 Å². The van der Waals surface area contributed by atoms with Gasteiger partial charge in [-0.3, -0.25) is 0 Å². The maximum atomic E-state index is 9.73. The standard InChI is InChI=1S/C21H24O2/c1-13-8-15(4-7-21(13)23)20-12-17-11-18(20)10-16(17)9-14-2-5-19(22)6-3-14/h2-8,16-18,20,22-23H,9-12H2,1H3. The van der Waals surface area contributed by atoms with Gasteiger partial charge in [0.1, 0.15) is 11.5 Å². The summed E-state index contributed by atoms with van der Waals surface area (Å²) in [5.74, 6) is 3.85. The Balaban J connectivity index is 1.45. The highest BCUT2D eigenvalue weighted by molar-refractivity contribution is 5.37. The molecule has 0 radical (unpaired) electrons. The van der Waals surface area contributed by atoms with Gasteiger partial charge in [-0.25, -0.2) is 0 Å². The maximum Gasteiger partial charge on any atom is 0.118 e. The second-order valence-corrected chi connectivity index (χ2v) is 7.51. The predicted molar refractivity (Wildman–Crippen MR) is 91.7 cm³/mol. The van der Waals surface area contributed by atoms with Crippen molar-refractivity contribution in [3.05, 3.63) is 59.2 Å². The van der Waals surface area contributed by atoms with Crippen LogP contribution in [-0.4, -0.2) is 10.2 Å². The zero-order valence-electron chi connectivity index (χ0n) is 13.6. The topological polar surface area (TPSA) is 40.5 Å². The molecule has 2 saturated carbocycles. The van der Waals surface area contributed by atoms with Crippen molar-refractivity contribution in [1.82, 2.24) is 0 Å². The lowest BCUT2D eigenvalue weighted by atomic mass is 9.76. The van der Waals surface area contributed by atoms with Crippen molar-refractivity contribution in [2.24, 2.45) is 17.8 Å². The van der Waals surface area contributed by atoms with Crippen molar-refractivity contribution in [3.8, 4) is 11.5 Å². The molecule has 2 fully saturated rings. The van der Waals surface area contributed by atoms with Gasteiger partial charge in [0, 0.05) is 0 Å². The number of hydrogen-bond donors (Lipinski definition) is 2. The lowest BCUT2D eigenvalue weighted by molar-refractivity contribution is 0.303. The van der Waals surface area contributed by atoms with Crippen molar-refractivity contribution in [3.63, 3.8) is 0 Å². The van der Waals surface area contributed by atoms with Gasteiger partial charge in [0.2, 0.25) is 0 Å². The summed E-state index contributed by atoms with van der Waals surface area (Å²) in [5.41, 5.74) is 3.75. The Hall–Kier alpha value is -1.96. The van der Waals surface area contributed by atoms with E-state index in [1.54, 1.807) is 12.1 Å². The number of rotatable bonds is 3. The molecule has 2 aliphatic carbocycles. The summed E-state index contributed by atoms with van der Waals surface area (Å²) in [6.45, 7) is 1.99.